The molecule has 0 aromatic heterocycles. The Labute approximate surface area is 71.6 Å². The molecule has 0 saturated carbocycles. The standard InChI is InChI=1S/C9H11NO2/c1-12-8-2-3-9(11)7(6-8)4-5-10/h6,8H,2-4H2,1H3/t8-/m0/s1. The summed E-state index contributed by atoms with van der Waals surface area (Å²) >= 11 is 0. The van der Waals surface area contributed by atoms with Crippen molar-refractivity contribution < 1.29 is 9.53 Å². The summed E-state index contributed by atoms with van der Waals surface area (Å²) in [6, 6.07) is 1.97. The molecule has 64 valence electrons. The van der Waals surface area contributed by atoms with E-state index in [1.54, 1.807) is 13.2 Å². The Morgan fingerprint density at radius 3 is 3.17 bits per heavy atom. The first kappa shape index (κ1) is 8.95. The van der Waals surface area contributed by atoms with Gasteiger partial charge >= 0.3 is 0 Å². The van der Waals surface area contributed by atoms with Gasteiger partial charge in [-0.2, -0.15) is 5.26 Å². The third-order valence-corrected chi connectivity index (χ3v) is 1.97. The highest BCUT2D eigenvalue weighted by Gasteiger charge is 2.19. The van der Waals surface area contributed by atoms with E-state index in [-0.39, 0.29) is 18.3 Å². The van der Waals surface area contributed by atoms with E-state index in [2.05, 4.69) is 0 Å². The van der Waals surface area contributed by atoms with Gasteiger partial charge < -0.3 is 4.74 Å². The fourth-order valence-corrected chi connectivity index (χ4v) is 1.26. The third-order valence-electron chi connectivity index (χ3n) is 1.97. The maximum Gasteiger partial charge on any atom is 0.159 e. The maximum absolute atomic E-state index is 11.2. The summed E-state index contributed by atoms with van der Waals surface area (Å²) in [5.74, 6) is 0.0878. The third kappa shape index (κ3) is 1.93. The highest BCUT2D eigenvalue weighted by molar-refractivity contribution is 5.96. The second-order valence-corrected chi connectivity index (χ2v) is 2.76. The lowest BCUT2D eigenvalue weighted by molar-refractivity contribution is -0.116. The number of ether oxygens (including phenoxy) is 1. The van der Waals surface area contributed by atoms with Crippen LogP contribution in [0.15, 0.2) is 11.6 Å². The summed E-state index contributed by atoms with van der Waals surface area (Å²) in [4.78, 5) is 11.2. The number of methoxy groups -OCH3 is 1. The first-order chi connectivity index (χ1) is 5.77. The average molecular weight is 165 g/mol. The molecule has 3 nitrogen and oxygen atoms in total. The molecular weight excluding hydrogens is 154 g/mol. The second-order valence-electron chi connectivity index (χ2n) is 2.76. The molecule has 0 radical (unpaired) electrons. The smallest absolute Gasteiger partial charge is 0.159 e. The first-order valence-corrected chi connectivity index (χ1v) is 3.91. The van der Waals surface area contributed by atoms with E-state index < -0.39 is 0 Å². The van der Waals surface area contributed by atoms with Crippen molar-refractivity contribution in [3.63, 3.8) is 0 Å². The van der Waals surface area contributed by atoms with Gasteiger partial charge in [-0.05, 0) is 12.5 Å². The van der Waals surface area contributed by atoms with Crippen LogP contribution in [0.2, 0.25) is 0 Å². The van der Waals surface area contributed by atoms with Crippen LogP contribution in [0.4, 0.5) is 0 Å². The molecule has 0 aromatic carbocycles. The van der Waals surface area contributed by atoms with Crippen LogP contribution in [-0.2, 0) is 9.53 Å². The molecule has 0 amide bonds. The number of Topliss-reactive ketones (excluding diaryl/α,β-unsaturated/α-hetero) is 1. The minimum absolute atomic E-state index is 0.0195. The van der Waals surface area contributed by atoms with Gasteiger partial charge in [-0.3, -0.25) is 4.79 Å². The number of hydrogen-bond donors (Lipinski definition) is 0. The Morgan fingerprint density at radius 1 is 1.83 bits per heavy atom. The lowest BCUT2D eigenvalue weighted by Crippen LogP contribution is -2.18. The van der Waals surface area contributed by atoms with E-state index in [1.165, 1.54) is 0 Å². The molecule has 0 fully saturated rings. The summed E-state index contributed by atoms with van der Waals surface area (Å²) in [6.07, 6.45) is 3.23. The maximum atomic E-state index is 11.2. The van der Waals surface area contributed by atoms with Gasteiger partial charge in [0.15, 0.2) is 5.78 Å². The van der Waals surface area contributed by atoms with Crippen molar-refractivity contribution in [1.29, 1.82) is 5.26 Å². The van der Waals surface area contributed by atoms with Crippen LogP contribution < -0.4 is 0 Å². The lowest BCUT2D eigenvalue weighted by atomic mass is 9.94. The highest BCUT2D eigenvalue weighted by atomic mass is 16.5. The van der Waals surface area contributed by atoms with Gasteiger partial charge in [0.25, 0.3) is 0 Å². The molecule has 1 rings (SSSR count). The van der Waals surface area contributed by atoms with Crippen molar-refractivity contribution in [3.05, 3.63) is 11.6 Å². The summed E-state index contributed by atoms with van der Waals surface area (Å²) in [7, 11) is 1.61. The Bertz CT molecular complexity index is 250. The number of allylic oxidation sites excluding steroid dienone is 1. The normalized spacial score (nSPS) is 23.2. The molecule has 12 heavy (non-hydrogen) atoms. The minimum Gasteiger partial charge on any atom is -0.377 e. The summed E-state index contributed by atoms with van der Waals surface area (Å²) in [5.41, 5.74) is 0.607. The van der Waals surface area contributed by atoms with Gasteiger partial charge in [-0.25, -0.2) is 0 Å². The Kier molecular flexibility index (Phi) is 3.01. The van der Waals surface area contributed by atoms with Crippen LogP contribution in [0.3, 0.4) is 0 Å². The van der Waals surface area contributed by atoms with E-state index in [1.807, 2.05) is 6.07 Å². The summed E-state index contributed by atoms with van der Waals surface area (Å²) in [6.45, 7) is 0. The first-order valence-electron chi connectivity index (χ1n) is 3.91. The quantitative estimate of drug-likeness (QED) is 0.617. The number of hydrogen-bond acceptors (Lipinski definition) is 3. The molecular formula is C9H11NO2. The average Bonchev–Trinajstić information content (AvgIpc) is 2.09. The van der Waals surface area contributed by atoms with Gasteiger partial charge in [0.05, 0.1) is 18.6 Å². The lowest BCUT2D eigenvalue weighted by Gasteiger charge is -2.17. The molecule has 3 heteroatoms. The van der Waals surface area contributed by atoms with Crippen molar-refractivity contribution in [3.8, 4) is 6.07 Å². The van der Waals surface area contributed by atoms with Crippen LogP contribution >= 0.6 is 0 Å². The molecule has 0 unspecified atom stereocenters. The predicted molar refractivity (Wildman–Crippen MR) is 43.4 cm³/mol. The fourth-order valence-electron chi connectivity index (χ4n) is 1.26. The van der Waals surface area contributed by atoms with Gasteiger partial charge in [0.2, 0.25) is 0 Å². The van der Waals surface area contributed by atoms with Crippen molar-refractivity contribution in [2.75, 3.05) is 7.11 Å². The van der Waals surface area contributed by atoms with Gasteiger partial charge in [0, 0.05) is 19.1 Å². The number of carbonyl (C=O) groups excluding carboxylic acids is 1. The van der Waals surface area contributed by atoms with E-state index in [0.29, 0.717) is 12.0 Å². The summed E-state index contributed by atoms with van der Waals surface area (Å²) in [5, 5.41) is 8.41. The fraction of sp³-hybridized carbons (Fsp3) is 0.556. The predicted octanol–water partition coefficient (Wildman–Crippen LogP) is 1.20. The number of nitriles is 1. The summed E-state index contributed by atoms with van der Waals surface area (Å²) < 4.78 is 5.08. The largest absolute Gasteiger partial charge is 0.377 e. The van der Waals surface area contributed by atoms with Gasteiger partial charge in [0.1, 0.15) is 0 Å². The van der Waals surface area contributed by atoms with Crippen molar-refractivity contribution in [1.82, 2.24) is 0 Å². The topological polar surface area (TPSA) is 50.1 Å². The monoisotopic (exact) mass is 165 g/mol. The van der Waals surface area contributed by atoms with Crippen molar-refractivity contribution in [2.45, 2.75) is 25.4 Å². The van der Waals surface area contributed by atoms with E-state index in [0.717, 1.165) is 6.42 Å². The molecule has 0 spiro atoms. The van der Waals surface area contributed by atoms with Gasteiger partial charge in [-0.1, -0.05) is 0 Å². The molecule has 0 heterocycles. The molecule has 1 aliphatic rings. The highest BCUT2D eigenvalue weighted by Crippen LogP contribution is 2.18. The van der Waals surface area contributed by atoms with Crippen LogP contribution in [-0.4, -0.2) is 19.0 Å². The van der Waals surface area contributed by atoms with Crippen LogP contribution in [0.25, 0.3) is 0 Å². The Morgan fingerprint density at radius 2 is 2.58 bits per heavy atom. The zero-order valence-electron chi connectivity index (χ0n) is 7.04. The molecule has 1 atom stereocenters. The number of carbonyl (C=O) groups is 1. The Hall–Kier alpha value is -1.14. The van der Waals surface area contributed by atoms with E-state index in [9.17, 15) is 4.79 Å². The van der Waals surface area contributed by atoms with E-state index >= 15 is 0 Å². The zero-order chi connectivity index (χ0) is 8.97. The number of ketones is 1. The molecule has 0 aliphatic heterocycles. The van der Waals surface area contributed by atoms with Crippen LogP contribution in [0.1, 0.15) is 19.3 Å². The van der Waals surface area contributed by atoms with Gasteiger partial charge in [-0.15, -0.1) is 0 Å². The van der Waals surface area contributed by atoms with E-state index in [4.69, 9.17) is 10.00 Å². The minimum atomic E-state index is 0.0195. The van der Waals surface area contributed by atoms with Crippen molar-refractivity contribution in [2.24, 2.45) is 0 Å². The molecule has 0 saturated heterocycles. The van der Waals surface area contributed by atoms with Crippen molar-refractivity contribution >= 4 is 5.78 Å². The second kappa shape index (κ2) is 4.03. The SMILES string of the molecule is CO[C@@H]1C=C(CC#N)C(=O)CC1. The number of nitrogens with zero attached hydrogens (tertiary/aromatic N) is 1. The molecule has 1 aliphatic carbocycles. The van der Waals surface area contributed by atoms with Crippen LogP contribution in [0, 0.1) is 11.3 Å². The Balaban J connectivity index is 2.71. The zero-order valence-corrected chi connectivity index (χ0v) is 7.04. The molecule has 0 N–H and O–H groups in total. The van der Waals surface area contributed by atoms with Crippen LogP contribution in [0.5, 0.6) is 0 Å². The molecule has 0 aromatic rings. The molecule has 0 bridgehead atoms. The number of rotatable bonds is 2.